The van der Waals surface area contributed by atoms with Crippen LogP contribution in [0.3, 0.4) is 0 Å². The van der Waals surface area contributed by atoms with E-state index in [4.69, 9.17) is 14.2 Å². The minimum Gasteiger partial charge on any atom is -0.487 e. The van der Waals surface area contributed by atoms with Gasteiger partial charge in [0.25, 0.3) is 0 Å². The smallest absolute Gasteiger partial charge is 0.407 e. The molecule has 1 saturated carbocycles. The molecule has 37 heavy (non-hydrogen) atoms. The molecule has 3 aromatic rings. The number of nitrogens with zero attached hydrogens (tertiary/aromatic N) is 2. The van der Waals surface area contributed by atoms with Crippen LogP contribution in [0.5, 0.6) is 11.6 Å². The Labute approximate surface area is 219 Å². The van der Waals surface area contributed by atoms with Crippen molar-refractivity contribution in [2.45, 2.75) is 71.1 Å². The van der Waals surface area contributed by atoms with Crippen LogP contribution in [0, 0.1) is 5.92 Å². The maximum absolute atomic E-state index is 12.1. The predicted octanol–water partition coefficient (Wildman–Crippen LogP) is 6.70. The first-order chi connectivity index (χ1) is 17.8. The van der Waals surface area contributed by atoms with Crippen LogP contribution in [0.1, 0.15) is 64.0 Å². The third-order valence-electron chi connectivity index (χ3n) is 6.46. The number of rotatable bonds is 8. The van der Waals surface area contributed by atoms with Crippen molar-refractivity contribution >= 4 is 23.2 Å². The molecule has 1 aromatic carbocycles. The molecule has 0 unspecified atom stereocenters. The van der Waals surface area contributed by atoms with E-state index in [0.29, 0.717) is 24.2 Å². The lowest BCUT2D eigenvalue weighted by molar-refractivity contribution is 0.0487. The van der Waals surface area contributed by atoms with Crippen molar-refractivity contribution in [1.29, 1.82) is 0 Å². The van der Waals surface area contributed by atoms with Gasteiger partial charge in [-0.15, -0.1) is 0 Å². The van der Waals surface area contributed by atoms with E-state index in [2.05, 4.69) is 27.4 Å². The Kier molecular flexibility index (Phi) is 8.64. The van der Waals surface area contributed by atoms with Crippen LogP contribution < -0.4 is 14.8 Å². The number of hydrogen-bond acceptors (Lipinski definition) is 6. The number of alkyl carbamates (subject to hydrolysis) is 1. The van der Waals surface area contributed by atoms with Gasteiger partial charge in [-0.25, -0.2) is 9.78 Å². The van der Waals surface area contributed by atoms with E-state index in [1.165, 1.54) is 0 Å². The average molecular weight is 504 g/mol. The van der Waals surface area contributed by atoms with E-state index < -0.39 is 5.60 Å². The van der Waals surface area contributed by atoms with E-state index in [-0.39, 0.29) is 12.1 Å². The Bertz CT molecular complexity index is 1210. The number of nitrogens with one attached hydrogen (secondary N) is 1. The predicted molar refractivity (Wildman–Crippen MR) is 146 cm³/mol. The van der Waals surface area contributed by atoms with Crippen LogP contribution in [-0.4, -0.2) is 34.8 Å². The zero-order valence-electron chi connectivity index (χ0n) is 22.2. The van der Waals surface area contributed by atoms with Crippen molar-refractivity contribution in [1.82, 2.24) is 15.3 Å². The zero-order chi connectivity index (χ0) is 26.3. The molecule has 196 valence electrons. The van der Waals surface area contributed by atoms with Crippen molar-refractivity contribution in [3.63, 3.8) is 0 Å². The van der Waals surface area contributed by atoms with Gasteiger partial charge in [0.1, 0.15) is 23.5 Å². The summed E-state index contributed by atoms with van der Waals surface area (Å²) in [5, 5.41) is 3.02. The largest absolute Gasteiger partial charge is 0.487 e. The third-order valence-corrected chi connectivity index (χ3v) is 6.46. The first kappa shape index (κ1) is 26.5. The van der Waals surface area contributed by atoms with E-state index in [0.717, 1.165) is 54.3 Å². The van der Waals surface area contributed by atoms with Crippen LogP contribution in [0.2, 0.25) is 0 Å². The molecule has 7 nitrogen and oxygen atoms in total. The molecule has 4 rings (SSSR count). The van der Waals surface area contributed by atoms with Gasteiger partial charge >= 0.3 is 6.09 Å². The first-order valence-corrected chi connectivity index (χ1v) is 13.0. The van der Waals surface area contributed by atoms with Gasteiger partial charge in [0.05, 0.1) is 18.8 Å². The molecule has 0 radical (unpaired) electrons. The molecule has 1 N–H and O–H groups in total. The number of fused-ring (bicyclic) bond motifs is 1. The molecule has 0 bridgehead atoms. The van der Waals surface area contributed by atoms with Gasteiger partial charge in [0.2, 0.25) is 5.88 Å². The van der Waals surface area contributed by atoms with E-state index in [1.807, 2.05) is 63.2 Å². The second kappa shape index (κ2) is 12.1. The second-order valence-electron chi connectivity index (χ2n) is 10.5. The Morgan fingerprint density at radius 3 is 2.54 bits per heavy atom. The lowest BCUT2D eigenvalue weighted by Gasteiger charge is -2.29. The maximum Gasteiger partial charge on any atom is 0.407 e. The Hall–Kier alpha value is -3.61. The molecule has 0 spiro atoms. The van der Waals surface area contributed by atoms with Gasteiger partial charge in [-0.1, -0.05) is 42.5 Å². The summed E-state index contributed by atoms with van der Waals surface area (Å²) in [4.78, 5) is 21.3. The van der Waals surface area contributed by atoms with Gasteiger partial charge in [-0.3, -0.25) is 4.98 Å². The summed E-state index contributed by atoms with van der Waals surface area (Å²) in [5.41, 5.74) is 3.06. The normalized spacial score (nSPS) is 18.1. The number of carbonyl (C=O) groups excluding carboxylic acids is 1. The van der Waals surface area contributed by atoms with E-state index in [1.54, 1.807) is 13.3 Å². The molecule has 7 heteroatoms. The fourth-order valence-corrected chi connectivity index (χ4v) is 4.57. The lowest BCUT2D eigenvalue weighted by atomic mass is 9.84. The van der Waals surface area contributed by atoms with Crippen molar-refractivity contribution in [2.24, 2.45) is 5.92 Å². The highest BCUT2D eigenvalue weighted by Gasteiger charge is 2.24. The van der Waals surface area contributed by atoms with Crippen LogP contribution in [0.15, 0.2) is 54.7 Å². The van der Waals surface area contributed by atoms with Crippen molar-refractivity contribution in [2.75, 3.05) is 7.11 Å². The summed E-state index contributed by atoms with van der Waals surface area (Å²) in [6, 6.07) is 14.0. The topological polar surface area (TPSA) is 82.6 Å². The number of ether oxygens (including phenoxy) is 3. The Morgan fingerprint density at radius 1 is 1.08 bits per heavy atom. The Balaban J connectivity index is 1.42. The van der Waals surface area contributed by atoms with Crippen LogP contribution in [0.25, 0.3) is 17.1 Å². The summed E-state index contributed by atoms with van der Waals surface area (Å²) in [6.45, 7) is 6.09. The number of hydrogen-bond donors (Lipinski definition) is 1. The molecule has 2 aromatic heterocycles. The zero-order valence-corrected chi connectivity index (χ0v) is 22.2. The summed E-state index contributed by atoms with van der Waals surface area (Å²) >= 11 is 0. The van der Waals surface area contributed by atoms with Crippen molar-refractivity contribution in [3.8, 4) is 11.6 Å². The van der Waals surface area contributed by atoms with E-state index >= 15 is 0 Å². The minimum atomic E-state index is -0.480. The molecule has 0 aliphatic heterocycles. The molecule has 1 fully saturated rings. The maximum atomic E-state index is 12.1. The first-order valence-electron chi connectivity index (χ1n) is 13.0. The number of pyridine rings is 2. The number of methoxy groups -OCH3 is 1. The summed E-state index contributed by atoms with van der Waals surface area (Å²) in [6.07, 6.45) is 10.7. The fraction of sp³-hybridized carbons (Fsp3) is 0.433. The lowest BCUT2D eigenvalue weighted by Crippen LogP contribution is -2.40. The average Bonchev–Trinajstić information content (AvgIpc) is 2.88. The van der Waals surface area contributed by atoms with Crippen molar-refractivity contribution < 1.29 is 19.0 Å². The minimum absolute atomic E-state index is 0.175. The van der Waals surface area contributed by atoms with Crippen LogP contribution in [-0.2, 0) is 11.3 Å². The monoisotopic (exact) mass is 503 g/mol. The standard InChI is InChI=1S/C30H37N3O4/c1-30(2,3)37-29(34)32-23-15-13-21(14-16-23)11-8-12-24-26(36-20-22-9-6-5-7-10-22)19-31-25-17-18-27(35-4)33-28(24)25/h5-10,12,17-19,21,23H,11,13-16,20H2,1-4H3,(H,32,34)/b12-8+. The number of carbonyl (C=O) groups is 1. The Morgan fingerprint density at radius 2 is 1.84 bits per heavy atom. The van der Waals surface area contributed by atoms with Gasteiger partial charge in [0.15, 0.2) is 0 Å². The van der Waals surface area contributed by atoms with Gasteiger partial charge in [0, 0.05) is 17.7 Å². The number of aromatic nitrogens is 2. The highest BCUT2D eigenvalue weighted by molar-refractivity contribution is 5.87. The van der Waals surface area contributed by atoms with Gasteiger partial charge in [-0.05, 0) is 70.4 Å². The molecule has 2 heterocycles. The van der Waals surface area contributed by atoms with Crippen LogP contribution in [0.4, 0.5) is 4.79 Å². The molecule has 1 aliphatic carbocycles. The van der Waals surface area contributed by atoms with E-state index in [9.17, 15) is 4.79 Å². The van der Waals surface area contributed by atoms with Crippen LogP contribution >= 0.6 is 0 Å². The molecule has 0 atom stereocenters. The SMILES string of the molecule is COc1ccc2ncc(OCc3ccccc3)c(/C=C/CC3CCC(NC(=O)OC(C)(C)C)CC3)c2n1. The molecule has 1 amide bonds. The molecule has 1 aliphatic rings. The molecular weight excluding hydrogens is 466 g/mol. The van der Waals surface area contributed by atoms with Gasteiger partial charge in [-0.2, -0.15) is 0 Å². The highest BCUT2D eigenvalue weighted by atomic mass is 16.6. The number of amides is 1. The van der Waals surface area contributed by atoms with Gasteiger partial charge < -0.3 is 19.5 Å². The highest BCUT2D eigenvalue weighted by Crippen LogP contribution is 2.31. The molecule has 0 saturated heterocycles. The molecular formula is C30H37N3O4. The second-order valence-corrected chi connectivity index (χ2v) is 10.5. The quantitative estimate of drug-likeness (QED) is 0.368. The summed E-state index contributed by atoms with van der Waals surface area (Å²) in [7, 11) is 1.61. The number of allylic oxidation sites excluding steroid dienone is 1. The fourth-order valence-electron chi connectivity index (χ4n) is 4.57. The summed E-state index contributed by atoms with van der Waals surface area (Å²) < 4.78 is 17.0. The van der Waals surface area contributed by atoms with Crippen molar-refractivity contribution in [3.05, 3.63) is 65.9 Å². The summed E-state index contributed by atoms with van der Waals surface area (Å²) in [5.74, 6) is 1.80. The number of benzene rings is 1. The third kappa shape index (κ3) is 7.68.